The van der Waals surface area contributed by atoms with Gasteiger partial charge in [-0.3, -0.25) is 0 Å². The quantitative estimate of drug-likeness (QED) is 0.284. The van der Waals surface area contributed by atoms with Crippen LogP contribution in [0.3, 0.4) is 0 Å². The normalized spacial score (nSPS) is 20.4. The predicted octanol–water partition coefficient (Wildman–Crippen LogP) is 6.65. The highest BCUT2D eigenvalue weighted by Gasteiger charge is 2.26. The van der Waals surface area contributed by atoms with Crippen molar-refractivity contribution in [1.82, 2.24) is 0 Å². The molecule has 146 valence electrons. The molecule has 1 rings (SSSR count). The first-order valence-corrected chi connectivity index (χ1v) is 9.97. The third-order valence-corrected chi connectivity index (χ3v) is 4.97. The van der Waals surface area contributed by atoms with Gasteiger partial charge in [0, 0.05) is 0 Å². The van der Waals surface area contributed by atoms with Crippen molar-refractivity contribution >= 4 is 0 Å². The van der Waals surface area contributed by atoms with Crippen LogP contribution in [0.25, 0.3) is 0 Å². The van der Waals surface area contributed by atoms with Gasteiger partial charge in [-0.15, -0.1) is 0 Å². The molecule has 0 bridgehead atoms. The average molecular weight is 359 g/mol. The molecule has 1 unspecified atom stereocenters. The summed E-state index contributed by atoms with van der Waals surface area (Å²) in [5.41, 5.74) is 5.51. The van der Waals surface area contributed by atoms with Crippen molar-refractivity contribution in [1.29, 1.82) is 0 Å². The Morgan fingerprint density at radius 2 is 1.96 bits per heavy atom. The summed E-state index contributed by atoms with van der Waals surface area (Å²) in [6.07, 6.45) is 17.4. The first-order chi connectivity index (χ1) is 12.3. The summed E-state index contributed by atoms with van der Waals surface area (Å²) in [5.74, 6) is 0. The van der Waals surface area contributed by atoms with E-state index in [0.29, 0.717) is 6.61 Å². The molecule has 1 aliphatic carbocycles. The summed E-state index contributed by atoms with van der Waals surface area (Å²) in [6, 6.07) is 0. The molecule has 1 aliphatic rings. The van der Waals surface area contributed by atoms with E-state index in [9.17, 15) is 5.11 Å². The summed E-state index contributed by atoms with van der Waals surface area (Å²) in [7, 11) is 0. The highest BCUT2D eigenvalue weighted by atomic mass is 16.6. The lowest BCUT2D eigenvalue weighted by Gasteiger charge is -2.32. The van der Waals surface area contributed by atoms with Gasteiger partial charge in [0.2, 0.25) is 0 Å². The Hall–Kier alpha value is -1.38. The summed E-state index contributed by atoms with van der Waals surface area (Å²) < 4.78 is 5.33. The smallest absolute Gasteiger partial charge is 0.174 e. The van der Waals surface area contributed by atoms with Crippen LogP contribution in [0, 0.1) is 5.41 Å². The lowest BCUT2D eigenvalue weighted by molar-refractivity contribution is -0.0651. The Bertz CT molecular complexity index is 585. The minimum absolute atomic E-state index is 0.280. The number of unbranched alkanes of at least 4 members (excludes halogenated alkanes) is 1. The zero-order chi connectivity index (χ0) is 19.6. The highest BCUT2D eigenvalue weighted by Crippen LogP contribution is 2.40. The van der Waals surface area contributed by atoms with E-state index >= 15 is 0 Å². The van der Waals surface area contributed by atoms with E-state index in [2.05, 4.69) is 52.8 Å². The molecule has 0 radical (unpaired) electrons. The fourth-order valence-corrected chi connectivity index (χ4v) is 3.31. The van der Waals surface area contributed by atoms with E-state index in [1.165, 1.54) is 36.0 Å². The molecule has 0 heterocycles. The van der Waals surface area contributed by atoms with E-state index in [0.717, 1.165) is 18.4 Å². The maximum absolute atomic E-state index is 9.79. The predicted molar refractivity (Wildman–Crippen MR) is 113 cm³/mol. The van der Waals surface area contributed by atoms with Gasteiger partial charge in [0.05, 0.1) is 6.61 Å². The van der Waals surface area contributed by atoms with Crippen LogP contribution in [0.2, 0.25) is 0 Å². The number of allylic oxidation sites excluding steroid dienone is 9. The summed E-state index contributed by atoms with van der Waals surface area (Å²) in [4.78, 5) is 0. The van der Waals surface area contributed by atoms with Crippen LogP contribution in [0.1, 0.15) is 73.6 Å². The van der Waals surface area contributed by atoms with Crippen molar-refractivity contribution in [2.75, 3.05) is 6.61 Å². The molecule has 0 saturated heterocycles. The molecule has 0 spiro atoms. The minimum Gasteiger partial charge on any atom is -0.365 e. The van der Waals surface area contributed by atoms with Gasteiger partial charge >= 0.3 is 0 Å². The molecule has 1 N–H and O–H groups in total. The van der Waals surface area contributed by atoms with Gasteiger partial charge in [-0.1, -0.05) is 74.3 Å². The Labute approximate surface area is 161 Å². The third-order valence-electron chi connectivity index (χ3n) is 4.97. The van der Waals surface area contributed by atoms with Crippen molar-refractivity contribution in [2.24, 2.45) is 5.41 Å². The minimum atomic E-state index is -0.820. The van der Waals surface area contributed by atoms with Gasteiger partial charge in [-0.25, -0.2) is 0 Å². The topological polar surface area (TPSA) is 29.5 Å². The maximum Gasteiger partial charge on any atom is 0.174 e. The number of rotatable bonds is 9. The van der Waals surface area contributed by atoms with Crippen LogP contribution >= 0.6 is 0 Å². The van der Waals surface area contributed by atoms with Gasteiger partial charge in [0.25, 0.3) is 0 Å². The summed E-state index contributed by atoms with van der Waals surface area (Å²) in [5, 5.41) is 9.79. The molecule has 0 aliphatic heterocycles. The molecular formula is C24H38O2. The third kappa shape index (κ3) is 8.33. The molecule has 0 amide bonds. The lowest BCUT2D eigenvalue weighted by atomic mass is 9.72. The molecule has 0 aromatic carbocycles. The zero-order valence-corrected chi connectivity index (χ0v) is 17.6. The van der Waals surface area contributed by atoms with Crippen molar-refractivity contribution in [3.63, 3.8) is 0 Å². The molecule has 26 heavy (non-hydrogen) atoms. The monoisotopic (exact) mass is 358 g/mol. The van der Waals surface area contributed by atoms with E-state index in [1.54, 1.807) is 6.08 Å². The van der Waals surface area contributed by atoms with Crippen LogP contribution in [0.5, 0.6) is 0 Å². The fraction of sp³-hybridized carbons (Fsp3) is 0.583. The Kier molecular flexibility index (Phi) is 9.90. The second kappa shape index (κ2) is 11.4. The molecule has 1 atom stereocenters. The number of ether oxygens (including phenoxy) is 1. The van der Waals surface area contributed by atoms with Gasteiger partial charge in [0.1, 0.15) is 0 Å². The van der Waals surface area contributed by atoms with Crippen LogP contribution in [-0.2, 0) is 4.74 Å². The number of aliphatic hydroxyl groups is 1. The number of aliphatic hydroxyl groups excluding tert-OH is 1. The average Bonchev–Trinajstić information content (AvgIpc) is 2.54. The largest absolute Gasteiger partial charge is 0.365 e. The summed E-state index contributed by atoms with van der Waals surface area (Å²) >= 11 is 0. The van der Waals surface area contributed by atoms with Gasteiger partial charge in [-0.2, -0.15) is 0 Å². The molecular weight excluding hydrogens is 320 g/mol. The molecule has 2 heteroatoms. The fourth-order valence-electron chi connectivity index (χ4n) is 3.31. The van der Waals surface area contributed by atoms with Crippen molar-refractivity contribution in [3.05, 3.63) is 58.7 Å². The van der Waals surface area contributed by atoms with Crippen LogP contribution in [0.4, 0.5) is 0 Å². The molecule has 0 fully saturated rings. The molecule has 0 aromatic rings. The first-order valence-electron chi connectivity index (χ1n) is 9.97. The van der Waals surface area contributed by atoms with Gasteiger partial charge < -0.3 is 9.84 Å². The molecule has 0 saturated carbocycles. The van der Waals surface area contributed by atoms with E-state index in [1.807, 2.05) is 19.1 Å². The Balaban J connectivity index is 2.63. The SMILES string of the molecule is CCCCOC(O)C=C(C)C=CC=C(C)C=CC1=C(C)CCCC1(C)C. The lowest BCUT2D eigenvalue weighted by Crippen LogP contribution is -2.19. The molecule has 2 nitrogen and oxygen atoms in total. The van der Waals surface area contributed by atoms with Crippen LogP contribution < -0.4 is 0 Å². The first kappa shape index (κ1) is 22.7. The maximum atomic E-state index is 9.79. The molecule has 0 aromatic heterocycles. The van der Waals surface area contributed by atoms with E-state index in [-0.39, 0.29) is 5.41 Å². The Morgan fingerprint density at radius 1 is 1.23 bits per heavy atom. The number of hydrogen-bond donors (Lipinski definition) is 1. The van der Waals surface area contributed by atoms with E-state index in [4.69, 9.17) is 4.74 Å². The standard InChI is InChI=1S/C24H38O2/c1-7-8-17-26-23(25)18-20(3)12-9-11-19(2)14-15-22-21(4)13-10-16-24(22,5)6/h9,11-12,14-15,18,23,25H,7-8,10,13,16-17H2,1-6H3. The second-order valence-electron chi connectivity index (χ2n) is 8.06. The highest BCUT2D eigenvalue weighted by molar-refractivity contribution is 5.37. The van der Waals surface area contributed by atoms with Crippen LogP contribution in [0.15, 0.2) is 58.7 Å². The number of hydrogen-bond acceptors (Lipinski definition) is 2. The second-order valence-corrected chi connectivity index (χ2v) is 8.06. The van der Waals surface area contributed by atoms with Gasteiger partial charge in [0.15, 0.2) is 6.29 Å². The Morgan fingerprint density at radius 3 is 2.62 bits per heavy atom. The van der Waals surface area contributed by atoms with Crippen molar-refractivity contribution in [2.45, 2.75) is 79.9 Å². The zero-order valence-electron chi connectivity index (χ0n) is 17.6. The van der Waals surface area contributed by atoms with Crippen LogP contribution in [-0.4, -0.2) is 18.0 Å². The van der Waals surface area contributed by atoms with E-state index < -0.39 is 6.29 Å². The van der Waals surface area contributed by atoms with Crippen molar-refractivity contribution in [3.8, 4) is 0 Å². The summed E-state index contributed by atoms with van der Waals surface area (Å²) in [6.45, 7) is 13.7. The van der Waals surface area contributed by atoms with Crippen molar-refractivity contribution < 1.29 is 9.84 Å². The van der Waals surface area contributed by atoms with Gasteiger partial charge in [-0.05, 0) is 63.5 Å².